The normalized spacial score (nSPS) is 11.4. The number of carboxylic acid groups (broad SMARTS) is 8. The second-order valence-electron chi connectivity index (χ2n) is 19.4. The molecule has 5 aromatic rings. The summed E-state index contributed by atoms with van der Waals surface area (Å²) in [5.41, 5.74) is 12.5. The molecule has 0 radical (unpaired) electrons. The number of fused-ring (bicyclic) bond motifs is 2. The predicted octanol–water partition coefficient (Wildman–Crippen LogP) is -3.37. The number of rotatable bonds is 38. The molecule has 5 rings (SSSR count). The number of benzene rings is 3. The predicted molar refractivity (Wildman–Crippen MR) is 303 cm³/mol. The number of carboxylic acids is 8. The summed E-state index contributed by atoms with van der Waals surface area (Å²) in [6.07, 6.45) is -0.455. The Morgan fingerprint density at radius 1 is 0.437 bits per heavy atom. The van der Waals surface area contributed by atoms with E-state index in [-0.39, 0.29) is 51.4 Å². The summed E-state index contributed by atoms with van der Waals surface area (Å²) < 4.78 is 1.23. The minimum absolute atomic E-state index is 0.0295. The van der Waals surface area contributed by atoms with Crippen LogP contribution in [0.3, 0.4) is 0 Å². The van der Waals surface area contributed by atoms with Crippen molar-refractivity contribution in [2.24, 2.45) is 0 Å². The van der Waals surface area contributed by atoms with Crippen molar-refractivity contribution in [3.8, 4) is 11.1 Å². The Bertz CT molecular complexity index is 3280. The third kappa shape index (κ3) is 22.9. The van der Waals surface area contributed by atoms with Gasteiger partial charge in [0.2, 0.25) is 0 Å². The number of aromatic amines is 1. The van der Waals surface area contributed by atoms with Gasteiger partial charge in [0.15, 0.2) is 0 Å². The highest BCUT2D eigenvalue weighted by Gasteiger charge is 2.26. The number of amides is 4. The van der Waals surface area contributed by atoms with Crippen LogP contribution in [0, 0.1) is 0 Å². The quantitative estimate of drug-likeness (QED) is 0.0135. The summed E-state index contributed by atoms with van der Waals surface area (Å²) >= 11 is 0. The van der Waals surface area contributed by atoms with Gasteiger partial charge in [-0.15, -0.1) is 0 Å². The Kier molecular flexibility index (Phi) is 26.1. The van der Waals surface area contributed by atoms with Crippen LogP contribution in [0.2, 0.25) is 0 Å². The molecule has 0 unspecified atom stereocenters. The number of carbonyl (C=O) groups excluding carboxylic acids is 4. The maximum atomic E-state index is 14.1. The number of hydrazine groups is 2. The molecule has 34 heteroatoms. The Morgan fingerprint density at radius 2 is 0.851 bits per heavy atom. The van der Waals surface area contributed by atoms with Crippen LogP contribution in [0.1, 0.15) is 21.6 Å². The summed E-state index contributed by atoms with van der Waals surface area (Å²) in [6, 6.07) is 20.1. The molecule has 17 N–H and O–H groups in total. The highest BCUT2D eigenvalue weighted by atomic mass is 16.4. The van der Waals surface area contributed by atoms with Gasteiger partial charge < -0.3 is 45.8 Å². The first kappa shape index (κ1) is 67.8. The first-order chi connectivity index (χ1) is 41.3. The molecule has 34 nitrogen and oxygen atoms in total. The zero-order chi connectivity index (χ0) is 63.7. The largest absolute Gasteiger partial charge is 0.480 e. The van der Waals surface area contributed by atoms with Crippen LogP contribution >= 0.6 is 0 Å². The third-order valence-corrected chi connectivity index (χ3v) is 12.8. The van der Waals surface area contributed by atoms with Crippen molar-refractivity contribution < 1.29 is 98.4 Å². The van der Waals surface area contributed by atoms with Crippen molar-refractivity contribution in [3.05, 3.63) is 95.8 Å². The highest BCUT2D eigenvalue weighted by molar-refractivity contribution is 6.04. The average Bonchev–Trinajstić information content (AvgIpc) is 1.70. The Hall–Kier alpha value is -9.94. The molecule has 0 spiro atoms. The first-order valence-corrected chi connectivity index (χ1v) is 26.4. The van der Waals surface area contributed by atoms with E-state index in [9.17, 15) is 78.0 Å². The van der Waals surface area contributed by atoms with E-state index in [0.29, 0.717) is 44.1 Å². The zero-order valence-corrected chi connectivity index (χ0v) is 46.4. The van der Waals surface area contributed by atoms with Gasteiger partial charge in [0.05, 0.1) is 83.3 Å². The zero-order valence-electron chi connectivity index (χ0n) is 46.4. The number of nitrogens with one attached hydrogen (secondary N) is 9. The number of hydrogen-bond donors (Lipinski definition) is 17. The minimum atomic E-state index is -1.35. The van der Waals surface area contributed by atoms with E-state index in [1.54, 1.807) is 72.8 Å². The highest BCUT2D eigenvalue weighted by Crippen LogP contribution is 2.35. The van der Waals surface area contributed by atoms with E-state index in [2.05, 4.69) is 48.0 Å². The third-order valence-electron chi connectivity index (χ3n) is 12.8. The molecule has 2 heterocycles. The molecule has 0 aliphatic heterocycles. The molecule has 0 aliphatic carbocycles. The van der Waals surface area contributed by atoms with E-state index >= 15 is 0 Å². The molecule has 3 aromatic carbocycles. The number of nitrogens with zero attached hydrogens (tertiary/aromatic N) is 5. The number of carbonyl (C=O) groups is 12. The summed E-state index contributed by atoms with van der Waals surface area (Å²) in [7, 11) is 0. The molecule has 0 saturated carbocycles. The van der Waals surface area contributed by atoms with Crippen molar-refractivity contribution in [2.75, 3.05) is 105 Å². The monoisotopic (exact) mass is 1220 g/mol. The second kappa shape index (κ2) is 33.5. The summed E-state index contributed by atoms with van der Waals surface area (Å²) in [5, 5.41) is 86.4. The lowest BCUT2D eigenvalue weighted by Gasteiger charge is -2.29. The van der Waals surface area contributed by atoms with Crippen LogP contribution in [0.15, 0.2) is 79.0 Å². The van der Waals surface area contributed by atoms with Crippen LogP contribution < -0.4 is 43.0 Å². The van der Waals surface area contributed by atoms with Crippen molar-refractivity contribution in [2.45, 2.75) is 18.8 Å². The fourth-order valence-electron chi connectivity index (χ4n) is 9.11. The molecule has 0 saturated heterocycles. The number of para-hydroxylation sites is 2. The molecule has 0 fully saturated rings. The topological polar surface area (TPSA) is 497 Å². The smallest absolute Gasteiger partial charge is 0.344 e. The van der Waals surface area contributed by atoms with Crippen LogP contribution in [-0.2, 0) is 54.4 Å². The van der Waals surface area contributed by atoms with Crippen molar-refractivity contribution in [1.29, 1.82) is 0 Å². The van der Waals surface area contributed by atoms with Crippen molar-refractivity contribution >= 4 is 93.3 Å². The molecular formula is C53H66N14O20. The van der Waals surface area contributed by atoms with E-state index in [1.807, 2.05) is 0 Å². The standard InChI is InChI=1S/C53H66N14O20/c68-41(25-65(29-49(82)83)15-13-63(27-47(78)79)23-39(54-18-43(70)71)55-19-44(72)73)59-61-52(86)51-35(33-9-3-5-11-37(33)58-51)17-31-7-1-2-8-32(31)36-22-67(38-12-6-4-10-34(36)38)53(87)62-60-42(69)26-66(30-50(84)85)16-14-64(28-48(80)81)24-40(56-20-45(74)75)57-21-46(76)77/h1-12,22,39-40,54-58H,13-21,23-30H2,(H,59,68)(H,60,69)(H,61,86)(H,62,87)(H,70,71)(H,72,73)(H,74,75)(H,76,77)(H,78,79)(H,80,81)(H,82,83)(H,84,85). The molecule has 87 heavy (non-hydrogen) atoms. The first-order valence-electron chi connectivity index (χ1n) is 26.4. The van der Waals surface area contributed by atoms with Gasteiger partial charge >= 0.3 is 53.8 Å². The van der Waals surface area contributed by atoms with E-state index in [1.165, 1.54) is 20.6 Å². The number of aliphatic carboxylic acids is 8. The number of hydrogen-bond acceptors (Lipinski definition) is 20. The maximum Gasteiger partial charge on any atom is 0.344 e. The molecule has 2 aromatic heterocycles. The van der Waals surface area contributed by atoms with Gasteiger partial charge in [0, 0.05) is 73.7 Å². The van der Waals surface area contributed by atoms with Gasteiger partial charge in [0.1, 0.15) is 5.69 Å². The van der Waals surface area contributed by atoms with Gasteiger partial charge in [-0.3, -0.25) is 114 Å². The lowest BCUT2D eigenvalue weighted by atomic mass is 9.93. The molecule has 468 valence electrons. The lowest BCUT2D eigenvalue weighted by molar-refractivity contribution is -0.141. The Labute approximate surface area is 493 Å². The van der Waals surface area contributed by atoms with E-state index in [0.717, 1.165) is 9.80 Å². The van der Waals surface area contributed by atoms with Crippen molar-refractivity contribution in [1.82, 2.24) is 72.1 Å². The van der Waals surface area contributed by atoms with Crippen LogP contribution in [0.4, 0.5) is 4.79 Å². The average molecular weight is 1220 g/mol. The van der Waals surface area contributed by atoms with Gasteiger partial charge in [-0.25, -0.2) is 10.2 Å². The SMILES string of the molecule is O=C(O)CNC(CN(CCN(CC(=O)O)CC(=O)NNC(=O)c1[nH]c2ccccc2c1Cc1ccccc1-c1cn(C(=O)NNC(=O)CN(CCN(CC(=O)O)CC(NCC(=O)O)NCC(=O)O)CC(=O)O)c2ccccc12)CC(=O)O)NCC(=O)O. The van der Waals surface area contributed by atoms with Crippen LogP contribution in [-0.4, -0.2) is 259 Å². The summed E-state index contributed by atoms with van der Waals surface area (Å²) in [5.74, 6) is -13.0. The summed E-state index contributed by atoms with van der Waals surface area (Å²) in [4.78, 5) is 155. The van der Waals surface area contributed by atoms with Crippen LogP contribution in [0.25, 0.3) is 32.9 Å². The van der Waals surface area contributed by atoms with Gasteiger partial charge in [-0.05, 0) is 28.8 Å². The van der Waals surface area contributed by atoms with E-state index in [4.69, 9.17) is 20.4 Å². The Balaban J connectivity index is 1.30. The lowest BCUT2D eigenvalue weighted by Crippen LogP contribution is -2.54. The van der Waals surface area contributed by atoms with Crippen molar-refractivity contribution in [3.63, 3.8) is 0 Å². The van der Waals surface area contributed by atoms with Gasteiger partial charge in [0.25, 0.3) is 17.7 Å². The van der Waals surface area contributed by atoms with Crippen LogP contribution in [0.5, 0.6) is 0 Å². The molecule has 0 aliphatic rings. The fraction of sp³-hybridized carbons (Fsp3) is 0.358. The van der Waals surface area contributed by atoms with Gasteiger partial charge in [-0.2, -0.15) is 0 Å². The molecule has 4 amide bonds. The number of aromatic nitrogens is 2. The Morgan fingerprint density at radius 3 is 1.33 bits per heavy atom. The maximum absolute atomic E-state index is 14.1. The minimum Gasteiger partial charge on any atom is -0.480 e. The van der Waals surface area contributed by atoms with Gasteiger partial charge in [-0.1, -0.05) is 60.7 Å². The molecule has 0 atom stereocenters. The second-order valence-corrected chi connectivity index (χ2v) is 19.4. The number of H-pyrrole nitrogens is 1. The summed E-state index contributed by atoms with van der Waals surface area (Å²) in [6.45, 7) is -7.66. The fourth-order valence-corrected chi connectivity index (χ4v) is 9.11. The molecular weight excluding hydrogens is 1150 g/mol. The van der Waals surface area contributed by atoms with E-state index < -0.39 is 149 Å². The molecule has 0 bridgehead atoms.